The zero-order valence-electron chi connectivity index (χ0n) is 6.49. The van der Waals surface area contributed by atoms with Gasteiger partial charge in [-0.25, -0.2) is 0 Å². The van der Waals surface area contributed by atoms with Crippen LogP contribution in [-0.4, -0.2) is 35.7 Å². The van der Waals surface area contributed by atoms with E-state index in [0.29, 0.717) is 5.75 Å². The normalized spacial score (nSPS) is 20.4. The summed E-state index contributed by atoms with van der Waals surface area (Å²) in [5.74, 6) is 0.493. The Labute approximate surface area is 72.3 Å². The predicted octanol–water partition coefficient (Wildman–Crippen LogP) is -0.134. The number of amides is 1. The average Bonchev–Trinajstić information content (AvgIpc) is 2.53. The summed E-state index contributed by atoms with van der Waals surface area (Å²) in [7, 11) is 0. The van der Waals surface area contributed by atoms with E-state index in [2.05, 4.69) is 12.6 Å². The number of carbonyl (C=O) groups excluding carboxylic acids is 1. The van der Waals surface area contributed by atoms with E-state index in [1.807, 2.05) is 4.90 Å². The molecule has 1 fully saturated rings. The van der Waals surface area contributed by atoms with Gasteiger partial charge in [0.05, 0.1) is 6.04 Å². The Morgan fingerprint density at radius 3 is 2.55 bits per heavy atom. The molecule has 0 aromatic rings. The smallest absolute Gasteiger partial charge is 0.240 e. The van der Waals surface area contributed by atoms with Crippen molar-refractivity contribution in [2.24, 2.45) is 5.73 Å². The van der Waals surface area contributed by atoms with Gasteiger partial charge in [0.15, 0.2) is 0 Å². The minimum Gasteiger partial charge on any atom is -0.341 e. The van der Waals surface area contributed by atoms with Crippen LogP contribution in [0.1, 0.15) is 12.8 Å². The van der Waals surface area contributed by atoms with E-state index < -0.39 is 6.04 Å². The van der Waals surface area contributed by atoms with Crippen LogP contribution in [0.15, 0.2) is 0 Å². The summed E-state index contributed by atoms with van der Waals surface area (Å²) in [6.45, 7) is 1.75. The molecule has 0 aromatic heterocycles. The van der Waals surface area contributed by atoms with E-state index in [-0.39, 0.29) is 5.91 Å². The molecular weight excluding hydrogens is 160 g/mol. The average molecular weight is 174 g/mol. The summed E-state index contributed by atoms with van der Waals surface area (Å²) < 4.78 is 0. The van der Waals surface area contributed by atoms with Crippen molar-refractivity contribution in [2.75, 3.05) is 18.8 Å². The maximum absolute atomic E-state index is 11.3. The maximum atomic E-state index is 11.3. The predicted molar refractivity (Wildman–Crippen MR) is 47.6 cm³/mol. The van der Waals surface area contributed by atoms with Crippen LogP contribution in [-0.2, 0) is 4.79 Å². The number of hydrogen-bond acceptors (Lipinski definition) is 3. The number of nitrogens with zero attached hydrogens (tertiary/aromatic N) is 1. The van der Waals surface area contributed by atoms with Crippen molar-refractivity contribution >= 4 is 18.5 Å². The number of carbonyl (C=O) groups is 1. The van der Waals surface area contributed by atoms with Crippen LogP contribution in [0.25, 0.3) is 0 Å². The van der Waals surface area contributed by atoms with Gasteiger partial charge in [0.25, 0.3) is 0 Å². The number of hydrogen-bond donors (Lipinski definition) is 2. The molecule has 1 rings (SSSR count). The topological polar surface area (TPSA) is 46.3 Å². The van der Waals surface area contributed by atoms with Crippen LogP contribution < -0.4 is 5.73 Å². The number of thiol groups is 1. The van der Waals surface area contributed by atoms with Gasteiger partial charge in [-0.2, -0.15) is 12.6 Å². The minimum atomic E-state index is -0.406. The Bertz CT molecular complexity index is 145. The Kier molecular flexibility index (Phi) is 3.20. The molecule has 0 aromatic carbocycles. The lowest BCUT2D eigenvalue weighted by molar-refractivity contribution is -0.130. The second kappa shape index (κ2) is 3.97. The van der Waals surface area contributed by atoms with Gasteiger partial charge in [0.2, 0.25) is 5.91 Å². The Hall–Kier alpha value is -0.220. The van der Waals surface area contributed by atoms with Crippen molar-refractivity contribution in [3.8, 4) is 0 Å². The van der Waals surface area contributed by atoms with Crippen molar-refractivity contribution in [1.82, 2.24) is 4.90 Å². The van der Waals surface area contributed by atoms with E-state index in [0.717, 1.165) is 25.9 Å². The molecule has 1 amide bonds. The molecule has 64 valence electrons. The lowest BCUT2D eigenvalue weighted by atomic mass is 10.3. The number of rotatable bonds is 2. The van der Waals surface area contributed by atoms with Crippen LogP contribution in [0.4, 0.5) is 0 Å². The van der Waals surface area contributed by atoms with Crippen LogP contribution in [0.5, 0.6) is 0 Å². The molecule has 1 atom stereocenters. The highest BCUT2D eigenvalue weighted by molar-refractivity contribution is 7.80. The van der Waals surface area contributed by atoms with Gasteiger partial charge in [0.1, 0.15) is 0 Å². The molecule has 3 nitrogen and oxygen atoms in total. The fourth-order valence-corrected chi connectivity index (χ4v) is 1.41. The Balaban J connectivity index is 2.39. The van der Waals surface area contributed by atoms with E-state index in [1.165, 1.54) is 0 Å². The number of likely N-dealkylation sites (tertiary alicyclic amines) is 1. The van der Waals surface area contributed by atoms with Crippen molar-refractivity contribution in [3.63, 3.8) is 0 Å². The maximum Gasteiger partial charge on any atom is 0.240 e. The molecule has 0 radical (unpaired) electrons. The second-order valence-electron chi connectivity index (χ2n) is 2.82. The molecule has 1 aliphatic rings. The van der Waals surface area contributed by atoms with Crippen LogP contribution in [0.3, 0.4) is 0 Å². The molecular formula is C7H14N2OS. The van der Waals surface area contributed by atoms with E-state index in [9.17, 15) is 4.79 Å². The standard InChI is InChI=1S/C7H14N2OS/c8-6(5-11)7(10)9-3-1-2-4-9/h6,11H,1-5,8H2/t6-/m0/s1. The Morgan fingerprint density at radius 1 is 1.55 bits per heavy atom. The van der Waals surface area contributed by atoms with Gasteiger partial charge in [0, 0.05) is 18.8 Å². The monoisotopic (exact) mass is 174 g/mol. The lowest BCUT2D eigenvalue weighted by Crippen LogP contribution is -2.43. The molecule has 4 heteroatoms. The minimum absolute atomic E-state index is 0.0532. The first-order valence-electron chi connectivity index (χ1n) is 3.91. The summed E-state index contributed by atoms with van der Waals surface area (Å²) in [6.07, 6.45) is 2.23. The van der Waals surface area contributed by atoms with Gasteiger partial charge in [-0.1, -0.05) is 0 Å². The SMILES string of the molecule is N[C@@H](CS)C(=O)N1CCCC1. The summed E-state index contributed by atoms with van der Waals surface area (Å²) >= 11 is 3.98. The third-order valence-corrected chi connectivity index (χ3v) is 2.33. The largest absolute Gasteiger partial charge is 0.341 e. The molecule has 0 spiro atoms. The van der Waals surface area contributed by atoms with E-state index in [4.69, 9.17) is 5.73 Å². The first kappa shape index (κ1) is 8.87. The van der Waals surface area contributed by atoms with Crippen molar-refractivity contribution < 1.29 is 4.79 Å². The first-order valence-corrected chi connectivity index (χ1v) is 4.54. The van der Waals surface area contributed by atoms with Crippen LogP contribution in [0, 0.1) is 0 Å². The lowest BCUT2D eigenvalue weighted by Gasteiger charge is -2.18. The fraction of sp³-hybridized carbons (Fsp3) is 0.857. The molecule has 2 N–H and O–H groups in total. The van der Waals surface area contributed by atoms with Gasteiger partial charge >= 0.3 is 0 Å². The van der Waals surface area contributed by atoms with E-state index in [1.54, 1.807) is 0 Å². The molecule has 0 unspecified atom stereocenters. The fourth-order valence-electron chi connectivity index (χ4n) is 1.25. The zero-order valence-corrected chi connectivity index (χ0v) is 7.39. The second-order valence-corrected chi connectivity index (χ2v) is 3.19. The molecule has 1 saturated heterocycles. The summed E-state index contributed by atoms with van der Waals surface area (Å²) in [4.78, 5) is 13.1. The number of nitrogens with two attached hydrogens (primary N) is 1. The highest BCUT2D eigenvalue weighted by Crippen LogP contribution is 2.08. The molecule has 0 saturated carbocycles. The molecule has 1 heterocycles. The van der Waals surface area contributed by atoms with Gasteiger partial charge in [-0.05, 0) is 12.8 Å². The van der Waals surface area contributed by atoms with Gasteiger partial charge in [-0.3, -0.25) is 4.79 Å². The molecule has 1 aliphatic heterocycles. The van der Waals surface area contributed by atoms with Gasteiger partial charge in [-0.15, -0.1) is 0 Å². The third-order valence-electron chi connectivity index (χ3n) is 1.93. The van der Waals surface area contributed by atoms with Gasteiger partial charge < -0.3 is 10.6 Å². The molecule has 0 aliphatic carbocycles. The quantitative estimate of drug-likeness (QED) is 0.573. The highest BCUT2D eigenvalue weighted by atomic mass is 32.1. The zero-order chi connectivity index (χ0) is 8.27. The molecule has 11 heavy (non-hydrogen) atoms. The highest BCUT2D eigenvalue weighted by Gasteiger charge is 2.22. The van der Waals surface area contributed by atoms with Crippen LogP contribution in [0.2, 0.25) is 0 Å². The molecule has 0 bridgehead atoms. The summed E-state index contributed by atoms with van der Waals surface area (Å²) in [5.41, 5.74) is 5.53. The van der Waals surface area contributed by atoms with Crippen molar-refractivity contribution in [3.05, 3.63) is 0 Å². The van der Waals surface area contributed by atoms with E-state index >= 15 is 0 Å². The van der Waals surface area contributed by atoms with Crippen molar-refractivity contribution in [1.29, 1.82) is 0 Å². The van der Waals surface area contributed by atoms with Crippen LogP contribution >= 0.6 is 12.6 Å². The third kappa shape index (κ3) is 2.10. The summed E-state index contributed by atoms with van der Waals surface area (Å²) in [6, 6.07) is -0.406. The summed E-state index contributed by atoms with van der Waals surface area (Å²) in [5, 5.41) is 0. The van der Waals surface area contributed by atoms with Crippen molar-refractivity contribution in [2.45, 2.75) is 18.9 Å². The first-order chi connectivity index (χ1) is 5.25. The Morgan fingerprint density at radius 2 is 2.09 bits per heavy atom.